The normalized spacial score (nSPS) is 13.0. The van der Waals surface area contributed by atoms with Gasteiger partial charge in [-0.2, -0.15) is 0 Å². The topological polar surface area (TPSA) is 128 Å². The summed E-state index contributed by atoms with van der Waals surface area (Å²) in [7, 11) is 1.16. The number of aromatic nitrogens is 2. The van der Waals surface area contributed by atoms with Gasteiger partial charge in [-0.25, -0.2) is 14.2 Å². The maximum atomic E-state index is 13.3. The zero-order chi connectivity index (χ0) is 20.3. The van der Waals surface area contributed by atoms with Crippen molar-refractivity contribution in [3.8, 4) is 0 Å². The molecule has 1 aromatic carbocycles. The fourth-order valence-electron chi connectivity index (χ4n) is 2.31. The number of ether oxygens (including phenoxy) is 1. The number of nitrogens with zero attached hydrogens (tertiary/aromatic N) is 2. The lowest BCUT2D eigenvalue weighted by molar-refractivity contribution is -0.130. The number of hydrogen-bond acceptors (Lipinski definition) is 6. The van der Waals surface area contributed by atoms with Gasteiger partial charge in [-0.15, -0.1) is 0 Å². The van der Waals surface area contributed by atoms with E-state index in [4.69, 9.17) is 27.2 Å². The summed E-state index contributed by atoms with van der Waals surface area (Å²) in [6.45, 7) is 3.23. The number of carboxylic acid groups (broad SMARTS) is 1. The number of benzene rings is 1. The SMILES string of the molecule is C=C(O)/C(OC)=c1/c(=O)n(Cc2ccc(F)c(Cl)c2)cn/c1=C(/N)C(=O)O. The summed E-state index contributed by atoms with van der Waals surface area (Å²) in [5, 5.41) is 17.9. The van der Waals surface area contributed by atoms with Crippen LogP contribution in [0.2, 0.25) is 5.02 Å². The van der Waals surface area contributed by atoms with E-state index >= 15 is 0 Å². The summed E-state index contributed by atoms with van der Waals surface area (Å²) in [5.41, 5.74) is 4.53. The van der Waals surface area contributed by atoms with Crippen molar-refractivity contribution in [1.29, 1.82) is 0 Å². The predicted octanol–water partition coefficient (Wildman–Crippen LogP) is 0.0619. The number of aliphatic hydroxyl groups excluding tert-OH is 1. The molecule has 0 fully saturated rings. The highest BCUT2D eigenvalue weighted by Crippen LogP contribution is 2.16. The van der Waals surface area contributed by atoms with Gasteiger partial charge in [0.1, 0.15) is 22.1 Å². The molecule has 0 radical (unpaired) electrons. The zero-order valence-corrected chi connectivity index (χ0v) is 14.8. The lowest BCUT2D eigenvalue weighted by Crippen LogP contribution is -2.51. The van der Waals surface area contributed by atoms with Gasteiger partial charge in [0.05, 0.1) is 25.0 Å². The van der Waals surface area contributed by atoms with Gasteiger partial charge >= 0.3 is 5.97 Å². The smallest absolute Gasteiger partial charge is 0.354 e. The molecular formula is C17H15ClFN3O5. The number of hydrogen-bond donors (Lipinski definition) is 3. The van der Waals surface area contributed by atoms with E-state index in [9.17, 15) is 19.1 Å². The molecule has 8 nitrogen and oxygen atoms in total. The summed E-state index contributed by atoms with van der Waals surface area (Å²) in [6, 6.07) is 3.90. The lowest BCUT2D eigenvalue weighted by atomic mass is 10.2. The Morgan fingerprint density at radius 3 is 2.63 bits per heavy atom. The Morgan fingerprint density at radius 2 is 2.11 bits per heavy atom. The van der Waals surface area contributed by atoms with Crippen molar-refractivity contribution in [2.75, 3.05) is 7.11 Å². The molecule has 0 amide bonds. The van der Waals surface area contributed by atoms with Crippen LogP contribution < -0.4 is 21.9 Å². The molecule has 0 aliphatic rings. The first kappa shape index (κ1) is 20.0. The average molecular weight is 396 g/mol. The Kier molecular flexibility index (Phi) is 5.86. The van der Waals surface area contributed by atoms with E-state index in [1.807, 2.05) is 0 Å². The van der Waals surface area contributed by atoms with Gasteiger partial charge in [0, 0.05) is 0 Å². The van der Waals surface area contributed by atoms with Crippen LogP contribution in [0.5, 0.6) is 0 Å². The highest BCUT2D eigenvalue weighted by Gasteiger charge is 2.15. The Bertz CT molecular complexity index is 1110. The van der Waals surface area contributed by atoms with E-state index < -0.39 is 28.8 Å². The Balaban J connectivity index is 2.84. The van der Waals surface area contributed by atoms with Crippen LogP contribution in [-0.2, 0) is 16.1 Å². The minimum atomic E-state index is -1.51. The molecular weight excluding hydrogens is 381 g/mol. The van der Waals surface area contributed by atoms with Crippen LogP contribution in [-0.4, -0.2) is 32.8 Å². The van der Waals surface area contributed by atoms with Gasteiger partial charge in [0.15, 0.2) is 11.5 Å². The molecule has 0 aliphatic carbocycles. The monoisotopic (exact) mass is 395 g/mol. The van der Waals surface area contributed by atoms with Crippen LogP contribution in [0.4, 0.5) is 4.39 Å². The third-order valence-corrected chi connectivity index (χ3v) is 3.84. The average Bonchev–Trinajstić information content (AvgIpc) is 2.60. The summed E-state index contributed by atoms with van der Waals surface area (Å²) < 4.78 is 19.4. The number of aliphatic carboxylic acids is 1. The highest BCUT2D eigenvalue weighted by atomic mass is 35.5. The molecule has 0 spiro atoms. The predicted molar refractivity (Wildman–Crippen MR) is 95.7 cm³/mol. The Morgan fingerprint density at radius 1 is 1.44 bits per heavy atom. The molecule has 0 unspecified atom stereocenters. The second-order valence-corrected chi connectivity index (χ2v) is 5.76. The maximum Gasteiger partial charge on any atom is 0.354 e. The minimum Gasteiger partial charge on any atom is -0.505 e. The number of halogens is 2. The van der Waals surface area contributed by atoms with Crippen molar-refractivity contribution in [2.45, 2.75) is 6.54 Å². The standard InChI is InChI=1S/C17H15ClFN3O5/c1-8(23)15(27-2)12-14(13(20)17(25)26)21-7-22(16(12)24)6-9-3-4-11(19)10(18)5-9/h3-5,7,23H,1,6,20H2,2H3,(H,25,26)/b14-13+,15-12-. The van der Waals surface area contributed by atoms with Crippen molar-refractivity contribution >= 4 is 29.0 Å². The van der Waals surface area contributed by atoms with Gasteiger partial charge in [-0.3, -0.25) is 9.36 Å². The fourth-order valence-corrected chi connectivity index (χ4v) is 2.51. The van der Waals surface area contributed by atoms with Crippen LogP contribution in [0.15, 0.2) is 41.7 Å². The van der Waals surface area contributed by atoms with Crippen molar-refractivity contribution in [1.82, 2.24) is 9.55 Å². The number of aliphatic hydroxyl groups is 1. The van der Waals surface area contributed by atoms with Gasteiger partial charge < -0.3 is 20.7 Å². The first-order valence-corrected chi connectivity index (χ1v) is 7.74. The maximum absolute atomic E-state index is 13.3. The number of carboxylic acids is 1. The van der Waals surface area contributed by atoms with Gasteiger partial charge in [0.2, 0.25) is 0 Å². The van der Waals surface area contributed by atoms with E-state index in [1.54, 1.807) is 0 Å². The van der Waals surface area contributed by atoms with Crippen LogP contribution in [0, 0.1) is 5.82 Å². The second-order valence-electron chi connectivity index (χ2n) is 5.35. The van der Waals surface area contributed by atoms with Crippen molar-refractivity contribution in [3.63, 3.8) is 0 Å². The Labute approximate surface area is 156 Å². The quantitative estimate of drug-likeness (QED) is 0.611. The van der Waals surface area contributed by atoms with E-state index in [-0.39, 0.29) is 27.9 Å². The molecule has 0 saturated heterocycles. The third-order valence-electron chi connectivity index (χ3n) is 3.55. The summed E-state index contributed by atoms with van der Waals surface area (Å²) in [6.07, 6.45) is 1.07. The molecule has 1 heterocycles. The van der Waals surface area contributed by atoms with E-state index in [1.165, 1.54) is 12.1 Å². The fraction of sp³-hybridized carbons (Fsp3) is 0.118. The van der Waals surface area contributed by atoms with Crippen LogP contribution in [0.25, 0.3) is 11.5 Å². The Hall–Kier alpha value is -3.33. The largest absolute Gasteiger partial charge is 0.505 e. The van der Waals surface area contributed by atoms with Crippen LogP contribution in [0.1, 0.15) is 5.56 Å². The van der Waals surface area contributed by atoms with Crippen molar-refractivity contribution in [2.24, 2.45) is 5.73 Å². The second kappa shape index (κ2) is 7.92. The molecule has 2 aromatic rings. The van der Waals surface area contributed by atoms with Crippen LogP contribution in [0.3, 0.4) is 0 Å². The number of rotatable bonds is 5. The third kappa shape index (κ3) is 4.09. The lowest BCUT2D eigenvalue weighted by Gasteiger charge is -2.09. The molecule has 10 heteroatoms. The molecule has 1 aromatic heterocycles. The molecule has 0 atom stereocenters. The van der Waals surface area contributed by atoms with Crippen molar-refractivity contribution < 1.29 is 24.1 Å². The molecule has 0 saturated carbocycles. The summed E-state index contributed by atoms with van der Waals surface area (Å²) >= 11 is 5.74. The van der Waals surface area contributed by atoms with E-state index in [0.29, 0.717) is 5.56 Å². The molecule has 0 bridgehead atoms. The first-order valence-electron chi connectivity index (χ1n) is 7.36. The van der Waals surface area contributed by atoms with Gasteiger partial charge in [-0.05, 0) is 17.7 Å². The molecule has 27 heavy (non-hydrogen) atoms. The van der Waals surface area contributed by atoms with Crippen LogP contribution >= 0.6 is 11.6 Å². The molecule has 2 rings (SSSR count). The molecule has 0 aliphatic heterocycles. The van der Waals surface area contributed by atoms with Gasteiger partial charge in [0.25, 0.3) is 5.56 Å². The van der Waals surface area contributed by atoms with Gasteiger partial charge in [-0.1, -0.05) is 24.2 Å². The molecule has 142 valence electrons. The zero-order valence-electron chi connectivity index (χ0n) is 14.1. The number of carbonyl (C=O) groups is 1. The van der Waals surface area contributed by atoms with E-state index in [0.717, 1.165) is 24.1 Å². The summed E-state index contributed by atoms with van der Waals surface area (Å²) in [4.78, 5) is 28.0. The van der Waals surface area contributed by atoms with Crippen molar-refractivity contribution in [3.05, 3.63) is 74.2 Å². The highest BCUT2D eigenvalue weighted by molar-refractivity contribution is 6.30. The number of methoxy groups -OCH3 is 1. The number of nitrogens with two attached hydrogens (primary N) is 1. The minimum absolute atomic E-state index is 0.0546. The molecule has 4 N–H and O–H groups in total. The van der Waals surface area contributed by atoms with E-state index in [2.05, 4.69) is 11.6 Å². The summed E-state index contributed by atoms with van der Waals surface area (Å²) in [5.74, 6) is -3.11. The first-order chi connectivity index (χ1) is 12.7.